The molecule has 1 N–H and O–H groups in total. The number of aromatic nitrogens is 2. The van der Waals surface area contributed by atoms with E-state index in [0.717, 1.165) is 28.6 Å². The first-order valence-electron chi connectivity index (χ1n) is 8.77. The van der Waals surface area contributed by atoms with Crippen LogP contribution in [0.4, 0.5) is 5.69 Å². The fourth-order valence-corrected chi connectivity index (χ4v) is 3.53. The first-order valence-corrected chi connectivity index (χ1v) is 10.4. The minimum Gasteiger partial charge on any atom is -0.484 e. The van der Waals surface area contributed by atoms with Crippen molar-refractivity contribution in [1.29, 1.82) is 0 Å². The summed E-state index contributed by atoms with van der Waals surface area (Å²) in [4.78, 5) is 12.4. The first kappa shape index (κ1) is 21.5. The highest BCUT2D eigenvalue weighted by Gasteiger charge is 2.19. The quantitative estimate of drug-likeness (QED) is 0.464. The molecule has 3 aromatic rings. The summed E-state index contributed by atoms with van der Waals surface area (Å²) >= 11 is 13.1. The molecule has 0 saturated carbocycles. The molecule has 0 bridgehead atoms. The maximum atomic E-state index is 12.4. The summed E-state index contributed by atoms with van der Waals surface area (Å²) in [5.74, 6) is 0.859. The molecule has 0 spiro atoms. The van der Waals surface area contributed by atoms with Gasteiger partial charge in [0, 0.05) is 5.02 Å². The monoisotopic (exact) mass is 451 g/mol. The van der Waals surface area contributed by atoms with E-state index in [1.807, 2.05) is 32.0 Å². The molecule has 0 saturated heterocycles. The van der Waals surface area contributed by atoms with Crippen molar-refractivity contribution >= 4 is 46.6 Å². The van der Waals surface area contributed by atoms with Crippen LogP contribution < -0.4 is 10.1 Å². The first-order chi connectivity index (χ1) is 13.8. The Bertz CT molecular complexity index is 1030. The average Bonchev–Trinajstić information content (AvgIpc) is 3.12. The van der Waals surface area contributed by atoms with Crippen LogP contribution in [0.1, 0.15) is 23.9 Å². The van der Waals surface area contributed by atoms with Crippen LogP contribution in [0.15, 0.2) is 46.0 Å². The van der Waals surface area contributed by atoms with Crippen LogP contribution in [-0.2, 0) is 11.4 Å². The van der Waals surface area contributed by atoms with Crippen molar-refractivity contribution < 1.29 is 13.9 Å². The summed E-state index contributed by atoms with van der Waals surface area (Å²) in [5.41, 5.74) is 2.62. The Morgan fingerprint density at radius 3 is 2.76 bits per heavy atom. The van der Waals surface area contributed by atoms with Crippen molar-refractivity contribution in [1.82, 2.24) is 10.2 Å². The molecule has 1 aromatic heterocycles. The Morgan fingerprint density at radius 2 is 2.00 bits per heavy atom. The number of ether oxygens (including phenoxy) is 1. The van der Waals surface area contributed by atoms with Crippen LogP contribution in [0.3, 0.4) is 0 Å². The number of hydrogen-bond acceptors (Lipinski definition) is 6. The summed E-state index contributed by atoms with van der Waals surface area (Å²) in [7, 11) is 0. The third kappa shape index (κ3) is 5.88. The Hall–Kier alpha value is -2.22. The maximum Gasteiger partial charge on any atom is 0.277 e. The second-order valence-electron chi connectivity index (χ2n) is 6.39. The van der Waals surface area contributed by atoms with Gasteiger partial charge in [0.2, 0.25) is 5.91 Å². The van der Waals surface area contributed by atoms with Crippen molar-refractivity contribution in [3.63, 3.8) is 0 Å². The molecule has 9 heteroatoms. The maximum absolute atomic E-state index is 12.4. The molecule has 2 aromatic carbocycles. The van der Waals surface area contributed by atoms with Gasteiger partial charge in [-0.3, -0.25) is 4.79 Å². The van der Waals surface area contributed by atoms with E-state index in [1.54, 1.807) is 25.1 Å². The van der Waals surface area contributed by atoms with E-state index in [9.17, 15) is 4.79 Å². The zero-order valence-corrected chi connectivity index (χ0v) is 18.4. The predicted molar refractivity (Wildman–Crippen MR) is 115 cm³/mol. The third-order valence-corrected chi connectivity index (χ3v) is 5.46. The van der Waals surface area contributed by atoms with E-state index in [4.69, 9.17) is 32.4 Å². The van der Waals surface area contributed by atoms with Crippen LogP contribution in [0.2, 0.25) is 10.0 Å². The van der Waals surface area contributed by atoms with Gasteiger partial charge in [-0.15, -0.1) is 10.2 Å². The van der Waals surface area contributed by atoms with Crippen molar-refractivity contribution in [2.45, 2.75) is 37.9 Å². The summed E-state index contributed by atoms with van der Waals surface area (Å²) < 4.78 is 11.3. The molecule has 152 valence electrons. The molecule has 1 amide bonds. The fourth-order valence-electron chi connectivity index (χ4n) is 2.38. The van der Waals surface area contributed by atoms with E-state index >= 15 is 0 Å². The third-order valence-electron chi connectivity index (χ3n) is 3.98. The minimum atomic E-state index is -0.477. The summed E-state index contributed by atoms with van der Waals surface area (Å²) in [6.07, 6.45) is 0. The number of rotatable bonds is 7. The molecule has 1 atom stereocenters. The molecule has 0 fully saturated rings. The lowest BCUT2D eigenvalue weighted by Crippen LogP contribution is -2.22. The number of hydrogen-bond donors (Lipinski definition) is 1. The van der Waals surface area contributed by atoms with Crippen LogP contribution in [-0.4, -0.2) is 21.4 Å². The summed E-state index contributed by atoms with van der Waals surface area (Å²) in [5, 5.41) is 11.4. The van der Waals surface area contributed by atoms with Crippen LogP contribution in [0.25, 0.3) is 0 Å². The van der Waals surface area contributed by atoms with Gasteiger partial charge in [0.1, 0.15) is 5.75 Å². The number of carbonyl (C=O) groups excluding carboxylic acids is 1. The van der Waals surface area contributed by atoms with Gasteiger partial charge in [-0.2, -0.15) is 0 Å². The van der Waals surface area contributed by atoms with Gasteiger partial charge in [-0.05, 0) is 56.2 Å². The van der Waals surface area contributed by atoms with Gasteiger partial charge in [0.15, 0.2) is 6.61 Å². The Labute approximate surface area is 182 Å². The number of carbonyl (C=O) groups is 1. The van der Waals surface area contributed by atoms with Crippen molar-refractivity contribution in [2.75, 3.05) is 5.32 Å². The molecule has 3 rings (SSSR count). The minimum absolute atomic E-state index is 0.152. The lowest BCUT2D eigenvalue weighted by atomic mass is 10.1. The summed E-state index contributed by atoms with van der Waals surface area (Å²) in [6, 6.07) is 10.8. The van der Waals surface area contributed by atoms with Gasteiger partial charge in [0.25, 0.3) is 11.1 Å². The standard InChI is InChI=1S/C20H19Cl2N3O3S/c1-11-4-5-12(2)17(8-11)27-10-18-24-25-20(28-18)29-13(3)19(26)23-16-7-6-14(21)9-15(16)22/h4-9,13H,10H2,1-3H3,(H,23,26). The molecular weight excluding hydrogens is 433 g/mol. The smallest absolute Gasteiger partial charge is 0.277 e. The number of thioether (sulfide) groups is 1. The van der Waals surface area contributed by atoms with E-state index in [0.29, 0.717) is 21.6 Å². The van der Waals surface area contributed by atoms with E-state index in [1.165, 1.54) is 0 Å². The molecule has 29 heavy (non-hydrogen) atoms. The van der Waals surface area contributed by atoms with Gasteiger partial charge in [-0.25, -0.2) is 0 Å². The number of benzene rings is 2. The number of amides is 1. The largest absolute Gasteiger partial charge is 0.484 e. The predicted octanol–water partition coefficient (Wildman–Crippen LogP) is 5.69. The summed E-state index contributed by atoms with van der Waals surface area (Å²) in [6.45, 7) is 5.85. The zero-order valence-electron chi connectivity index (χ0n) is 16.0. The molecule has 1 unspecified atom stereocenters. The lowest BCUT2D eigenvalue weighted by molar-refractivity contribution is -0.115. The van der Waals surface area contributed by atoms with Crippen molar-refractivity contribution in [2.24, 2.45) is 0 Å². The Morgan fingerprint density at radius 1 is 1.21 bits per heavy atom. The zero-order chi connectivity index (χ0) is 21.0. The molecule has 6 nitrogen and oxygen atoms in total. The highest BCUT2D eigenvalue weighted by molar-refractivity contribution is 8.00. The second kappa shape index (κ2) is 9.52. The van der Waals surface area contributed by atoms with Crippen molar-refractivity contribution in [3.05, 3.63) is 63.5 Å². The highest BCUT2D eigenvalue weighted by Crippen LogP contribution is 2.28. The van der Waals surface area contributed by atoms with Gasteiger partial charge < -0.3 is 14.5 Å². The van der Waals surface area contributed by atoms with Gasteiger partial charge in [-0.1, -0.05) is 47.1 Å². The van der Waals surface area contributed by atoms with Crippen LogP contribution in [0, 0.1) is 13.8 Å². The van der Waals surface area contributed by atoms with E-state index in [-0.39, 0.29) is 17.7 Å². The topological polar surface area (TPSA) is 77.2 Å². The second-order valence-corrected chi connectivity index (χ2v) is 8.53. The highest BCUT2D eigenvalue weighted by atomic mass is 35.5. The molecule has 0 aliphatic heterocycles. The molecule has 0 aliphatic rings. The number of anilines is 1. The average molecular weight is 452 g/mol. The Kier molecular flexibility index (Phi) is 7.05. The van der Waals surface area contributed by atoms with Crippen LogP contribution in [0.5, 0.6) is 5.75 Å². The number of aryl methyl sites for hydroxylation is 2. The van der Waals surface area contributed by atoms with E-state index < -0.39 is 5.25 Å². The molecule has 1 heterocycles. The fraction of sp³-hybridized carbons (Fsp3) is 0.250. The van der Waals surface area contributed by atoms with Gasteiger partial charge in [0.05, 0.1) is 16.0 Å². The van der Waals surface area contributed by atoms with Crippen LogP contribution >= 0.6 is 35.0 Å². The van der Waals surface area contributed by atoms with E-state index in [2.05, 4.69) is 15.5 Å². The number of halogens is 2. The lowest BCUT2D eigenvalue weighted by Gasteiger charge is -2.11. The Balaban J connectivity index is 1.56. The SMILES string of the molecule is Cc1ccc(C)c(OCc2nnc(SC(C)C(=O)Nc3ccc(Cl)cc3Cl)o2)c1. The van der Waals surface area contributed by atoms with Gasteiger partial charge >= 0.3 is 0 Å². The normalized spacial score (nSPS) is 11.9. The van der Waals surface area contributed by atoms with Crippen molar-refractivity contribution in [3.8, 4) is 5.75 Å². The number of nitrogens with one attached hydrogen (secondary N) is 1. The molecular formula is C20H19Cl2N3O3S. The molecule has 0 radical (unpaired) electrons. The molecule has 0 aliphatic carbocycles. The number of nitrogens with zero attached hydrogens (tertiary/aromatic N) is 2.